The third-order valence-corrected chi connectivity index (χ3v) is 3.67. The highest BCUT2D eigenvalue weighted by Crippen LogP contribution is 2.20. The minimum Gasteiger partial charge on any atom is -0.482 e. The molecule has 2 rings (SSSR count). The van der Waals surface area contributed by atoms with Crippen molar-refractivity contribution in [1.82, 2.24) is 5.43 Å². The average molecular weight is 404 g/mol. The number of nitrogens with one attached hydrogen (secondary N) is 2. The molecule has 0 aliphatic rings. The van der Waals surface area contributed by atoms with Crippen LogP contribution < -0.4 is 15.5 Å². The molecule has 0 atom stereocenters. The van der Waals surface area contributed by atoms with Crippen LogP contribution in [0.2, 0.25) is 5.02 Å². The molecule has 9 heteroatoms. The predicted octanol–water partition coefficient (Wildman–Crippen LogP) is 2.37. The van der Waals surface area contributed by atoms with Crippen LogP contribution in [-0.2, 0) is 19.1 Å². The molecule has 2 aromatic carbocycles. The molecule has 0 spiro atoms. The molecule has 2 N–H and O–H groups in total. The van der Waals surface area contributed by atoms with Gasteiger partial charge in [0, 0.05) is 0 Å². The van der Waals surface area contributed by atoms with Crippen LogP contribution in [0.25, 0.3) is 0 Å². The molecule has 28 heavy (non-hydrogen) atoms. The zero-order valence-electron chi connectivity index (χ0n) is 15.0. The van der Waals surface area contributed by atoms with Crippen LogP contribution in [0.4, 0.5) is 5.69 Å². The SMILES string of the molecule is COC(=O)COc1ccc(C=NNC(=O)CC(=O)Nc2ccccc2Cl)cc1. The van der Waals surface area contributed by atoms with Gasteiger partial charge in [-0.15, -0.1) is 0 Å². The number of esters is 1. The van der Waals surface area contributed by atoms with Crippen molar-refractivity contribution in [3.05, 3.63) is 59.1 Å². The summed E-state index contributed by atoms with van der Waals surface area (Å²) in [5.74, 6) is -1.07. The molecule has 8 nitrogen and oxygen atoms in total. The number of anilines is 1. The van der Waals surface area contributed by atoms with Gasteiger partial charge in [0.2, 0.25) is 11.8 Å². The molecule has 0 saturated carbocycles. The number of hydrogen-bond acceptors (Lipinski definition) is 6. The molecule has 0 unspecified atom stereocenters. The van der Waals surface area contributed by atoms with Crippen LogP contribution in [0.5, 0.6) is 5.75 Å². The Morgan fingerprint density at radius 3 is 2.46 bits per heavy atom. The van der Waals surface area contributed by atoms with E-state index in [0.717, 1.165) is 0 Å². The number of nitrogens with zero attached hydrogens (tertiary/aromatic N) is 1. The third-order valence-electron chi connectivity index (χ3n) is 3.34. The van der Waals surface area contributed by atoms with Crippen LogP contribution in [0.3, 0.4) is 0 Å². The van der Waals surface area contributed by atoms with Crippen molar-refractivity contribution < 1.29 is 23.9 Å². The van der Waals surface area contributed by atoms with Gasteiger partial charge in [0.25, 0.3) is 0 Å². The fourth-order valence-electron chi connectivity index (χ4n) is 1.97. The highest BCUT2D eigenvalue weighted by Gasteiger charge is 2.10. The molecule has 0 bridgehead atoms. The summed E-state index contributed by atoms with van der Waals surface area (Å²) in [6, 6.07) is 13.4. The maximum atomic E-state index is 11.8. The second kappa shape index (κ2) is 10.7. The first kappa shape index (κ1) is 20.9. The van der Waals surface area contributed by atoms with E-state index in [2.05, 4.69) is 20.6 Å². The molecule has 0 aliphatic carbocycles. The number of methoxy groups -OCH3 is 1. The molecule has 0 radical (unpaired) electrons. The number of hydrazone groups is 1. The Kier molecular flexibility index (Phi) is 7.98. The summed E-state index contributed by atoms with van der Waals surface area (Å²) in [6.07, 6.45) is 1.01. The Morgan fingerprint density at radius 1 is 1.07 bits per heavy atom. The van der Waals surface area contributed by atoms with E-state index in [4.69, 9.17) is 16.3 Å². The fourth-order valence-corrected chi connectivity index (χ4v) is 2.16. The Hall–Kier alpha value is -3.39. The molecule has 146 valence electrons. The van der Waals surface area contributed by atoms with Crippen molar-refractivity contribution in [2.45, 2.75) is 6.42 Å². The number of rotatable bonds is 8. The molecule has 0 heterocycles. The number of para-hydroxylation sites is 1. The first-order valence-corrected chi connectivity index (χ1v) is 8.51. The van der Waals surface area contributed by atoms with E-state index in [-0.39, 0.29) is 6.61 Å². The Balaban J connectivity index is 1.77. The molecular formula is C19H18ClN3O5. The van der Waals surface area contributed by atoms with Gasteiger partial charge in [-0.2, -0.15) is 5.10 Å². The summed E-state index contributed by atoms with van der Waals surface area (Å²) in [6.45, 7) is -0.184. The first-order chi connectivity index (χ1) is 13.5. The van der Waals surface area contributed by atoms with Crippen molar-refractivity contribution >= 4 is 41.3 Å². The minimum atomic E-state index is -0.571. The molecule has 2 aromatic rings. The van der Waals surface area contributed by atoms with Gasteiger partial charge in [-0.25, -0.2) is 10.2 Å². The van der Waals surface area contributed by atoms with Gasteiger partial charge in [-0.1, -0.05) is 23.7 Å². The maximum absolute atomic E-state index is 11.8. The summed E-state index contributed by atoms with van der Waals surface area (Å²) in [4.78, 5) is 34.6. The lowest BCUT2D eigenvalue weighted by Gasteiger charge is -2.06. The van der Waals surface area contributed by atoms with Crippen LogP contribution in [0.15, 0.2) is 53.6 Å². The second-order valence-corrected chi connectivity index (χ2v) is 5.84. The number of hydrogen-bond donors (Lipinski definition) is 2. The topological polar surface area (TPSA) is 106 Å². The Morgan fingerprint density at radius 2 is 1.79 bits per heavy atom. The van der Waals surface area contributed by atoms with Crippen molar-refractivity contribution in [2.75, 3.05) is 19.0 Å². The van der Waals surface area contributed by atoms with E-state index in [1.54, 1.807) is 48.5 Å². The lowest BCUT2D eigenvalue weighted by atomic mass is 10.2. The van der Waals surface area contributed by atoms with Crippen LogP contribution in [-0.4, -0.2) is 37.7 Å². The van der Waals surface area contributed by atoms with Gasteiger partial charge in [-0.3, -0.25) is 9.59 Å². The summed E-state index contributed by atoms with van der Waals surface area (Å²) in [5.41, 5.74) is 3.39. The largest absolute Gasteiger partial charge is 0.482 e. The zero-order valence-corrected chi connectivity index (χ0v) is 15.7. The van der Waals surface area contributed by atoms with Gasteiger partial charge in [0.05, 0.1) is 24.0 Å². The lowest BCUT2D eigenvalue weighted by Crippen LogP contribution is -2.24. The Bertz CT molecular complexity index is 868. The predicted molar refractivity (Wildman–Crippen MR) is 104 cm³/mol. The van der Waals surface area contributed by atoms with Gasteiger partial charge in [0.1, 0.15) is 12.2 Å². The number of halogens is 1. The molecule has 0 saturated heterocycles. The number of ether oxygens (including phenoxy) is 2. The highest BCUT2D eigenvalue weighted by molar-refractivity contribution is 6.33. The van der Waals surface area contributed by atoms with Gasteiger partial charge >= 0.3 is 5.97 Å². The second-order valence-electron chi connectivity index (χ2n) is 5.43. The van der Waals surface area contributed by atoms with E-state index < -0.39 is 24.2 Å². The van der Waals surface area contributed by atoms with Crippen LogP contribution in [0, 0.1) is 0 Å². The summed E-state index contributed by atoms with van der Waals surface area (Å²) >= 11 is 5.94. The van der Waals surface area contributed by atoms with Gasteiger partial charge < -0.3 is 14.8 Å². The zero-order chi connectivity index (χ0) is 20.4. The maximum Gasteiger partial charge on any atom is 0.343 e. The van der Waals surface area contributed by atoms with Gasteiger partial charge in [0.15, 0.2) is 6.61 Å². The summed E-state index contributed by atoms with van der Waals surface area (Å²) in [5, 5.41) is 6.72. The molecule has 2 amide bonds. The van der Waals surface area contributed by atoms with Gasteiger partial charge in [-0.05, 0) is 42.0 Å². The first-order valence-electron chi connectivity index (χ1n) is 8.14. The molecular weight excluding hydrogens is 386 g/mol. The summed E-state index contributed by atoms with van der Waals surface area (Å²) in [7, 11) is 1.28. The third kappa shape index (κ3) is 7.08. The molecule has 0 fully saturated rings. The average Bonchev–Trinajstić information content (AvgIpc) is 2.68. The number of carbonyl (C=O) groups is 3. The van der Waals surface area contributed by atoms with E-state index >= 15 is 0 Å². The molecule has 0 aliphatic heterocycles. The summed E-state index contributed by atoms with van der Waals surface area (Å²) < 4.78 is 9.69. The normalized spacial score (nSPS) is 10.4. The van der Waals surface area contributed by atoms with Crippen molar-refractivity contribution in [2.24, 2.45) is 5.10 Å². The lowest BCUT2D eigenvalue weighted by molar-refractivity contribution is -0.143. The fraction of sp³-hybridized carbons (Fsp3) is 0.158. The van der Waals surface area contributed by atoms with E-state index in [0.29, 0.717) is 22.0 Å². The van der Waals surface area contributed by atoms with E-state index in [1.165, 1.54) is 13.3 Å². The van der Waals surface area contributed by atoms with Crippen molar-refractivity contribution in [1.29, 1.82) is 0 Å². The minimum absolute atomic E-state index is 0.184. The standard InChI is InChI=1S/C19H18ClN3O5/c1-27-19(26)12-28-14-8-6-13(7-9-14)11-21-23-18(25)10-17(24)22-16-5-3-2-4-15(16)20/h2-9,11H,10,12H2,1H3,(H,22,24)(H,23,25). The Labute approximate surface area is 166 Å². The number of amides is 2. The van der Waals surface area contributed by atoms with Crippen molar-refractivity contribution in [3.63, 3.8) is 0 Å². The van der Waals surface area contributed by atoms with Crippen LogP contribution >= 0.6 is 11.6 Å². The monoisotopic (exact) mass is 403 g/mol. The highest BCUT2D eigenvalue weighted by atomic mass is 35.5. The van der Waals surface area contributed by atoms with E-state index in [1.807, 2.05) is 0 Å². The van der Waals surface area contributed by atoms with Crippen LogP contribution in [0.1, 0.15) is 12.0 Å². The number of benzene rings is 2. The smallest absolute Gasteiger partial charge is 0.343 e. The quantitative estimate of drug-likeness (QED) is 0.304. The van der Waals surface area contributed by atoms with Crippen molar-refractivity contribution in [3.8, 4) is 5.75 Å². The molecule has 0 aromatic heterocycles. The number of carbonyl (C=O) groups excluding carboxylic acids is 3. The van der Waals surface area contributed by atoms with E-state index in [9.17, 15) is 14.4 Å².